The molecule has 0 atom stereocenters. The van der Waals surface area contributed by atoms with Gasteiger partial charge in [-0.2, -0.15) is 4.98 Å². The van der Waals surface area contributed by atoms with E-state index in [-0.39, 0.29) is 11.9 Å². The summed E-state index contributed by atoms with van der Waals surface area (Å²) in [4.78, 5) is 17.1. The highest BCUT2D eigenvalue weighted by Crippen LogP contribution is 2.19. The highest BCUT2D eigenvalue weighted by atomic mass is 32.1. The van der Waals surface area contributed by atoms with Gasteiger partial charge >= 0.3 is 0 Å². The van der Waals surface area contributed by atoms with E-state index in [0.29, 0.717) is 5.82 Å². The molecule has 0 radical (unpaired) electrons. The summed E-state index contributed by atoms with van der Waals surface area (Å²) < 4.78 is 5.11. The second-order valence-electron chi connectivity index (χ2n) is 4.57. The molecule has 2 N–H and O–H groups in total. The molecule has 0 saturated heterocycles. The van der Waals surface area contributed by atoms with Crippen LogP contribution in [0.25, 0.3) is 17.5 Å². The van der Waals surface area contributed by atoms with Crippen molar-refractivity contribution in [2.24, 2.45) is 0 Å². The van der Waals surface area contributed by atoms with Crippen molar-refractivity contribution in [3.63, 3.8) is 0 Å². The minimum Gasteiger partial charge on any atom is -0.497 e. The van der Waals surface area contributed by atoms with E-state index < -0.39 is 0 Å². The summed E-state index contributed by atoms with van der Waals surface area (Å²) >= 11 is 1.56. The first kappa shape index (κ1) is 15.0. The van der Waals surface area contributed by atoms with Gasteiger partial charge in [0.25, 0.3) is 5.91 Å². The summed E-state index contributed by atoms with van der Waals surface area (Å²) in [7, 11) is 1.61. The molecule has 7 heteroatoms. The topological polar surface area (TPSA) is 79.9 Å². The quantitative estimate of drug-likeness (QED) is 0.706. The summed E-state index contributed by atoms with van der Waals surface area (Å²) in [6.45, 7) is 0. The molecule has 3 aromatic rings. The first-order valence-electron chi connectivity index (χ1n) is 6.84. The van der Waals surface area contributed by atoms with E-state index in [0.717, 1.165) is 16.2 Å². The number of H-pyrrole nitrogens is 1. The number of hydrogen-bond acceptors (Lipinski definition) is 5. The van der Waals surface area contributed by atoms with E-state index in [1.807, 2.05) is 41.8 Å². The largest absolute Gasteiger partial charge is 0.497 e. The van der Waals surface area contributed by atoms with E-state index in [1.165, 1.54) is 6.08 Å². The molecule has 0 aliphatic heterocycles. The Labute approximate surface area is 136 Å². The molecule has 2 heterocycles. The summed E-state index contributed by atoms with van der Waals surface area (Å²) in [6.07, 6.45) is 3.20. The van der Waals surface area contributed by atoms with Crippen LogP contribution in [-0.4, -0.2) is 28.2 Å². The summed E-state index contributed by atoms with van der Waals surface area (Å²) in [5.41, 5.74) is 0.855. The van der Waals surface area contributed by atoms with Crippen LogP contribution in [0, 0.1) is 0 Å². The molecule has 6 nitrogen and oxygen atoms in total. The lowest BCUT2D eigenvalue weighted by atomic mass is 10.2. The average molecular weight is 326 g/mol. The zero-order valence-electron chi connectivity index (χ0n) is 12.3. The van der Waals surface area contributed by atoms with Crippen molar-refractivity contribution in [3.8, 4) is 17.1 Å². The van der Waals surface area contributed by atoms with Crippen LogP contribution in [0.3, 0.4) is 0 Å². The number of anilines is 1. The van der Waals surface area contributed by atoms with Gasteiger partial charge in [-0.3, -0.25) is 15.2 Å². The van der Waals surface area contributed by atoms with Crippen LogP contribution in [0.15, 0.2) is 47.9 Å². The van der Waals surface area contributed by atoms with E-state index in [1.54, 1.807) is 24.5 Å². The van der Waals surface area contributed by atoms with Gasteiger partial charge in [0.2, 0.25) is 5.95 Å². The van der Waals surface area contributed by atoms with Crippen molar-refractivity contribution in [2.45, 2.75) is 0 Å². The maximum atomic E-state index is 11.8. The Kier molecular flexibility index (Phi) is 4.49. The molecule has 2 aromatic heterocycles. The van der Waals surface area contributed by atoms with Gasteiger partial charge in [-0.15, -0.1) is 16.4 Å². The standard InChI is InChI=1S/C16H14N4O2S/c1-22-12-6-4-11(5-7-12)15-18-16(20-19-15)17-14(21)9-8-13-3-2-10-23-13/h2-10H,1H3,(H2,17,18,19,20,21)/b9-8+. The SMILES string of the molecule is COc1ccc(-c2nc(NC(=O)/C=C/c3cccs3)n[nH]2)cc1. The molecular formula is C16H14N4O2S. The molecule has 1 amide bonds. The zero-order chi connectivity index (χ0) is 16.1. The lowest BCUT2D eigenvalue weighted by Crippen LogP contribution is -2.08. The molecule has 23 heavy (non-hydrogen) atoms. The number of nitrogens with zero attached hydrogens (tertiary/aromatic N) is 2. The molecule has 0 unspecified atom stereocenters. The lowest BCUT2D eigenvalue weighted by molar-refractivity contribution is -0.111. The minimum atomic E-state index is -0.279. The molecule has 0 aliphatic carbocycles. The van der Waals surface area contributed by atoms with E-state index >= 15 is 0 Å². The zero-order valence-corrected chi connectivity index (χ0v) is 13.1. The molecule has 0 fully saturated rings. The Morgan fingerprint density at radius 2 is 2.13 bits per heavy atom. The van der Waals surface area contributed by atoms with Crippen LogP contribution < -0.4 is 10.1 Å². The number of carbonyl (C=O) groups excluding carboxylic acids is 1. The normalized spacial score (nSPS) is 10.8. The molecule has 0 saturated carbocycles. The van der Waals surface area contributed by atoms with Crippen molar-refractivity contribution in [1.29, 1.82) is 0 Å². The summed E-state index contributed by atoms with van der Waals surface area (Å²) in [5.74, 6) is 1.29. The van der Waals surface area contributed by atoms with E-state index in [4.69, 9.17) is 4.74 Å². The maximum Gasteiger partial charge on any atom is 0.250 e. The van der Waals surface area contributed by atoms with Crippen molar-refractivity contribution in [1.82, 2.24) is 15.2 Å². The highest BCUT2D eigenvalue weighted by molar-refractivity contribution is 7.10. The Bertz CT molecular complexity index is 807. The molecule has 0 bridgehead atoms. The number of thiophene rings is 1. The van der Waals surface area contributed by atoms with Gasteiger partial charge in [-0.05, 0) is 41.8 Å². The predicted molar refractivity (Wildman–Crippen MR) is 90.4 cm³/mol. The van der Waals surface area contributed by atoms with Gasteiger partial charge in [-0.1, -0.05) is 6.07 Å². The van der Waals surface area contributed by atoms with Crippen LogP contribution in [0.4, 0.5) is 5.95 Å². The molecule has 0 spiro atoms. The fourth-order valence-corrected chi connectivity index (χ4v) is 2.51. The van der Waals surface area contributed by atoms with Crippen LogP contribution >= 0.6 is 11.3 Å². The molecular weight excluding hydrogens is 312 g/mol. The maximum absolute atomic E-state index is 11.8. The number of benzene rings is 1. The van der Waals surface area contributed by atoms with Gasteiger partial charge in [0.05, 0.1) is 7.11 Å². The fraction of sp³-hybridized carbons (Fsp3) is 0.0625. The van der Waals surface area contributed by atoms with Crippen LogP contribution in [0.1, 0.15) is 4.88 Å². The lowest BCUT2D eigenvalue weighted by Gasteiger charge is -1.99. The molecule has 0 aliphatic rings. The number of nitrogens with one attached hydrogen (secondary N) is 2. The van der Waals surface area contributed by atoms with Gasteiger partial charge in [-0.25, -0.2) is 0 Å². The third kappa shape index (κ3) is 3.83. The summed E-state index contributed by atoms with van der Waals surface area (Å²) in [6, 6.07) is 11.3. The third-order valence-electron chi connectivity index (χ3n) is 3.03. The van der Waals surface area contributed by atoms with Gasteiger partial charge in [0, 0.05) is 16.5 Å². The Balaban J connectivity index is 1.65. The number of carbonyl (C=O) groups is 1. The van der Waals surface area contributed by atoms with Crippen LogP contribution in [0.5, 0.6) is 5.75 Å². The third-order valence-corrected chi connectivity index (χ3v) is 3.86. The fourth-order valence-electron chi connectivity index (χ4n) is 1.89. The predicted octanol–water partition coefficient (Wildman–Crippen LogP) is 3.19. The Morgan fingerprint density at radius 3 is 2.83 bits per heavy atom. The minimum absolute atomic E-state index is 0.233. The Hall–Kier alpha value is -2.93. The summed E-state index contributed by atoms with van der Waals surface area (Å²) in [5, 5.41) is 11.4. The van der Waals surface area contributed by atoms with E-state index in [9.17, 15) is 4.79 Å². The van der Waals surface area contributed by atoms with Gasteiger partial charge < -0.3 is 4.74 Å². The highest BCUT2D eigenvalue weighted by Gasteiger charge is 2.07. The van der Waals surface area contributed by atoms with Crippen molar-refractivity contribution in [2.75, 3.05) is 12.4 Å². The smallest absolute Gasteiger partial charge is 0.250 e. The number of ether oxygens (including phenoxy) is 1. The number of hydrogen-bond donors (Lipinski definition) is 2. The van der Waals surface area contributed by atoms with Crippen LogP contribution in [0.2, 0.25) is 0 Å². The van der Waals surface area contributed by atoms with Crippen LogP contribution in [-0.2, 0) is 4.79 Å². The number of aromatic amines is 1. The Morgan fingerprint density at radius 1 is 1.30 bits per heavy atom. The monoisotopic (exact) mass is 326 g/mol. The number of aromatic nitrogens is 3. The second kappa shape index (κ2) is 6.89. The molecule has 1 aromatic carbocycles. The van der Waals surface area contributed by atoms with Crippen molar-refractivity contribution < 1.29 is 9.53 Å². The first-order chi connectivity index (χ1) is 11.2. The second-order valence-corrected chi connectivity index (χ2v) is 5.55. The van der Waals surface area contributed by atoms with Crippen molar-refractivity contribution in [3.05, 3.63) is 52.7 Å². The number of amides is 1. The number of methoxy groups -OCH3 is 1. The first-order valence-corrected chi connectivity index (χ1v) is 7.72. The van der Waals surface area contributed by atoms with Gasteiger partial charge in [0.15, 0.2) is 5.82 Å². The van der Waals surface area contributed by atoms with Crippen molar-refractivity contribution >= 4 is 29.3 Å². The van der Waals surface area contributed by atoms with Gasteiger partial charge in [0.1, 0.15) is 5.75 Å². The number of rotatable bonds is 5. The van der Waals surface area contributed by atoms with E-state index in [2.05, 4.69) is 20.5 Å². The molecule has 116 valence electrons. The average Bonchev–Trinajstić information content (AvgIpc) is 3.25. The molecule has 3 rings (SSSR count).